The van der Waals surface area contributed by atoms with Crippen molar-refractivity contribution in [2.45, 2.75) is 6.30 Å². The summed E-state index contributed by atoms with van der Waals surface area (Å²) in [5, 5.41) is 0. The molecule has 0 aromatic carbocycles. The van der Waals surface area contributed by atoms with Crippen LogP contribution in [0.4, 0.5) is 13.2 Å². The van der Waals surface area contributed by atoms with Crippen LogP contribution in [0, 0.1) is 0 Å². The van der Waals surface area contributed by atoms with Crippen LogP contribution in [0.5, 0.6) is 0 Å². The first kappa shape index (κ1) is 7.06. The van der Waals surface area contributed by atoms with Crippen LogP contribution in [0.2, 0.25) is 0 Å². The SMILES string of the molecule is NC(N)=NC(F)(F)F. The van der Waals surface area contributed by atoms with Gasteiger partial charge in [0.25, 0.3) is 0 Å². The van der Waals surface area contributed by atoms with E-state index >= 15 is 0 Å². The summed E-state index contributed by atoms with van der Waals surface area (Å²) in [7, 11) is 0. The molecule has 0 bridgehead atoms. The third-order valence-electron chi connectivity index (χ3n) is 0.256. The van der Waals surface area contributed by atoms with Crippen LogP contribution in [0.1, 0.15) is 0 Å². The Bertz CT molecular complexity index is 99.6. The quantitative estimate of drug-likeness (QED) is 0.268. The molecule has 4 N–H and O–H groups in total. The van der Waals surface area contributed by atoms with E-state index in [0.717, 1.165) is 0 Å². The van der Waals surface area contributed by atoms with Crippen LogP contribution in [0.25, 0.3) is 0 Å². The van der Waals surface area contributed by atoms with Crippen molar-refractivity contribution in [2.75, 3.05) is 0 Å². The summed E-state index contributed by atoms with van der Waals surface area (Å²) in [6.45, 7) is 0. The molecule has 0 aliphatic carbocycles. The van der Waals surface area contributed by atoms with E-state index < -0.39 is 12.3 Å². The average molecular weight is 127 g/mol. The highest BCUT2D eigenvalue weighted by molar-refractivity contribution is 5.75. The average Bonchev–Trinajstić information content (AvgIpc) is 1.21. The summed E-state index contributed by atoms with van der Waals surface area (Å²) in [6, 6.07) is 0. The normalized spacial score (nSPS) is 10.9. The summed E-state index contributed by atoms with van der Waals surface area (Å²) < 4.78 is 32.9. The summed E-state index contributed by atoms with van der Waals surface area (Å²) in [5.41, 5.74) is 8.77. The Morgan fingerprint density at radius 2 is 1.62 bits per heavy atom. The van der Waals surface area contributed by atoms with Gasteiger partial charge in [-0.25, -0.2) is 0 Å². The monoisotopic (exact) mass is 127 g/mol. The fourth-order valence-electron chi connectivity index (χ4n) is 0.146. The van der Waals surface area contributed by atoms with Crippen LogP contribution in [-0.4, -0.2) is 12.3 Å². The maximum absolute atomic E-state index is 11.0. The van der Waals surface area contributed by atoms with E-state index in [2.05, 4.69) is 11.5 Å². The lowest BCUT2D eigenvalue weighted by Gasteiger charge is -1.95. The maximum Gasteiger partial charge on any atom is 0.506 e. The lowest BCUT2D eigenvalue weighted by molar-refractivity contribution is -0.119. The fourth-order valence-corrected chi connectivity index (χ4v) is 0.146. The zero-order valence-electron chi connectivity index (χ0n) is 3.74. The van der Waals surface area contributed by atoms with Gasteiger partial charge in [0.05, 0.1) is 0 Å². The highest BCUT2D eigenvalue weighted by Crippen LogP contribution is 2.14. The number of nitrogens with zero attached hydrogens (tertiary/aromatic N) is 1. The number of hydrogen-bond acceptors (Lipinski definition) is 1. The molecule has 0 aliphatic heterocycles. The molecule has 0 atom stereocenters. The molecule has 0 unspecified atom stereocenters. The van der Waals surface area contributed by atoms with E-state index in [1.54, 1.807) is 0 Å². The van der Waals surface area contributed by atoms with Crippen molar-refractivity contribution in [1.29, 1.82) is 0 Å². The van der Waals surface area contributed by atoms with Gasteiger partial charge >= 0.3 is 6.30 Å². The third-order valence-corrected chi connectivity index (χ3v) is 0.256. The third kappa shape index (κ3) is 5.06. The number of halogens is 3. The minimum Gasteiger partial charge on any atom is -0.370 e. The number of alkyl halides is 3. The molecule has 0 spiro atoms. The Hall–Kier alpha value is -0.940. The van der Waals surface area contributed by atoms with Gasteiger partial charge in [0, 0.05) is 0 Å². The van der Waals surface area contributed by atoms with E-state index in [4.69, 9.17) is 0 Å². The van der Waals surface area contributed by atoms with Crippen molar-refractivity contribution >= 4 is 5.96 Å². The van der Waals surface area contributed by atoms with Gasteiger partial charge in [-0.2, -0.15) is 4.99 Å². The van der Waals surface area contributed by atoms with E-state index in [0.29, 0.717) is 0 Å². The molecule has 0 aromatic heterocycles. The second-order valence-electron chi connectivity index (χ2n) is 1.00. The predicted molar refractivity (Wildman–Crippen MR) is 21.9 cm³/mol. The summed E-state index contributed by atoms with van der Waals surface area (Å²) in [6.07, 6.45) is -4.64. The molecular weight excluding hydrogens is 123 g/mol. The molecule has 0 saturated heterocycles. The molecule has 3 nitrogen and oxygen atoms in total. The fraction of sp³-hybridized carbons (Fsp3) is 0.500. The second kappa shape index (κ2) is 1.89. The molecular formula is C2H4F3N3. The van der Waals surface area contributed by atoms with Crippen molar-refractivity contribution in [1.82, 2.24) is 0 Å². The number of rotatable bonds is 0. The van der Waals surface area contributed by atoms with Crippen LogP contribution in [0.3, 0.4) is 0 Å². The van der Waals surface area contributed by atoms with Gasteiger partial charge in [0.1, 0.15) is 0 Å². The molecule has 6 heteroatoms. The van der Waals surface area contributed by atoms with Gasteiger partial charge in [-0.1, -0.05) is 0 Å². The van der Waals surface area contributed by atoms with Crippen LogP contribution in [0.15, 0.2) is 4.99 Å². The van der Waals surface area contributed by atoms with Gasteiger partial charge in [0.15, 0.2) is 5.96 Å². The smallest absolute Gasteiger partial charge is 0.370 e. The Morgan fingerprint density at radius 3 is 1.62 bits per heavy atom. The zero-order chi connectivity index (χ0) is 6.78. The molecule has 0 rings (SSSR count). The highest BCUT2D eigenvalue weighted by atomic mass is 19.4. The van der Waals surface area contributed by atoms with Gasteiger partial charge in [0.2, 0.25) is 0 Å². The number of nitrogens with two attached hydrogens (primary N) is 2. The molecule has 0 radical (unpaired) electrons. The van der Waals surface area contributed by atoms with Crippen molar-refractivity contribution in [3.63, 3.8) is 0 Å². The Kier molecular flexibility index (Phi) is 1.67. The zero-order valence-corrected chi connectivity index (χ0v) is 3.74. The maximum atomic E-state index is 11.0. The van der Waals surface area contributed by atoms with Gasteiger partial charge < -0.3 is 11.5 Å². The topological polar surface area (TPSA) is 64.4 Å². The molecule has 48 valence electrons. The van der Waals surface area contributed by atoms with Gasteiger partial charge in [-0.05, 0) is 0 Å². The second-order valence-corrected chi connectivity index (χ2v) is 1.00. The van der Waals surface area contributed by atoms with Gasteiger partial charge in [-0.15, -0.1) is 13.2 Å². The van der Waals surface area contributed by atoms with E-state index in [1.165, 1.54) is 0 Å². The molecule has 0 heterocycles. The standard InChI is InChI=1S/C2H4F3N3/c3-2(4,5)8-1(6)7/h(H4,6,7,8). The van der Waals surface area contributed by atoms with Crippen molar-refractivity contribution in [2.24, 2.45) is 16.5 Å². The van der Waals surface area contributed by atoms with Crippen molar-refractivity contribution < 1.29 is 13.2 Å². The highest BCUT2D eigenvalue weighted by Gasteiger charge is 2.25. The predicted octanol–water partition coefficient (Wildman–Crippen LogP) is -0.220. The van der Waals surface area contributed by atoms with Crippen molar-refractivity contribution in [3.05, 3.63) is 0 Å². The first-order valence-corrected chi connectivity index (χ1v) is 1.59. The molecule has 8 heavy (non-hydrogen) atoms. The molecule has 0 aromatic rings. The summed E-state index contributed by atoms with van der Waals surface area (Å²) in [5.74, 6) is -0.975. The minimum absolute atomic E-state index is 0.975. The first-order valence-electron chi connectivity index (χ1n) is 1.59. The van der Waals surface area contributed by atoms with Crippen molar-refractivity contribution in [3.8, 4) is 0 Å². The molecule has 0 aliphatic rings. The summed E-state index contributed by atoms with van der Waals surface area (Å²) in [4.78, 5) is 1.88. The van der Waals surface area contributed by atoms with E-state index in [9.17, 15) is 13.2 Å². The Labute approximate surface area is 43.2 Å². The minimum atomic E-state index is -4.64. The van der Waals surface area contributed by atoms with Crippen LogP contribution in [-0.2, 0) is 0 Å². The van der Waals surface area contributed by atoms with E-state index in [-0.39, 0.29) is 0 Å². The molecule has 0 saturated carbocycles. The number of hydrogen-bond donors (Lipinski definition) is 2. The van der Waals surface area contributed by atoms with E-state index in [1.807, 2.05) is 4.99 Å². The van der Waals surface area contributed by atoms with Gasteiger partial charge in [-0.3, -0.25) is 0 Å². The Morgan fingerprint density at radius 1 is 1.25 bits per heavy atom. The number of aliphatic imine (C=N–C) groups is 1. The number of guanidine groups is 1. The molecule has 0 fully saturated rings. The lowest BCUT2D eigenvalue weighted by atomic mass is 11.0. The molecule has 0 amide bonds. The first-order chi connectivity index (χ1) is 3.42. The Balaban J connectivity index is 3.89. The van der Waals surface area contributed by atoms with Crippen LogP contribution < -0.4 is 11.5 Å². The largest absolute Gasteiger partial charge is 0.506 e. The van der Waals surface area contributed by atoms with Crippen LogP contribution >= 0.6 is 0 Å². The summed E-state index contributed by atoms with van der Waals surface area (Å²) >= 11 is 0. The lowest BCUT2D eigenvalue weighted by Crippen LogP contribution is -2.26.